The van der Waals surface area contributed by atoms with Gasteiger partial charge in [-0.05, 0) is 62.1 Å². The topological polar surface area (TPSA) is 83.3 Å². The molecule has 2 N–H and O–H groups in total. The highest BCUT2D eigenvalue weighted by molar-refractivity contribution is 5.95. The average Bonchev–Trinajstić information content (AvgIpc) is 3.17. The highest BCUT2D eigenvalue weighted by Gasteiger charge is 2.23. The predicted molar refractivity (Wildman–Crippen MR) is 119 cm³/mol. The fraction of sp³-hybridized carbons (Fsp3) is 0.240. The molecule has 1 amide bonds. The lowest BCUT2D eigenvalue weighted by atomic mass is 9.93. The molecule has 0 spiro atoms. The molecule has 0 radical (unpaired) electrons. The molecule has 1 saturated carbocycles. The van der Waals surface area contributed by atoms with E-state index in [2.05, 4.69) is 19.5 Å². The second-order valence-corrected chi connectivity index (χ2v) is 8.16. The molecule has 162 valence electrons. The van der Waals surface area contributed by atoms with Crippen molar-refractivity contribution in [1.82, 2.24) is 14.5 Å². The lowest BCUT2D eigenvalue weighted by Gasteiger charge is -2.27. The van der Waals surface area contributed by atoms with Gasteiger partial charge in [-0.25, -0.2) is 4.39 Å². The Morgan fingerprint density at radius 2 is 1.88 bits per heavy atom. The normalized spacial score (nSPS) is 19.4. The minimum Gasteiger partial charge on any atom is -0.393 e. The van der Waals surface area contributed by atoms with E-state index in [0.29, 0.717) is 22.4 Å². The summed E-state index contributed by atoms with van der Waals surface area (Å²) < 4.78 is 15.7. The Hall–Kier alpha value is -3.58. The van der Waals surface area contributed by atoms with E-state index < -0.39 is 5.91 Å². The molecular formula is C25H23FN4O2. The summed E-state index contributed by atoms with van der Waals surface area (Å²) in [4.78, 5) is 25.1. The number of para-hydroxylation sites is 2. The van der Waals surface area contributed by atoms with Crippen molar-refractivity contribution in [1.29, 1.82) is 0 Å². The second kappa shape index (κ2) is 8.51. The number of nitrogens with one attached hydrogen (secondary N) is 1. The van der Waals surface area contributed by atoms with E-state index in [1.54, 1.807) is 24.3 Å². The molecule has 1 aliphatic carbocycles. The molecule has 0 saturated heterocycles. The summed E-state index contributed by atoms with van der Waals surface area (Å²) in [6, 6.07) is 17.4. The first-order valence-corrected chi connectivity index (χ1v) is 10.8. The third-order valence-corrected chi connectivity index (χ3v) is 6.00. The summed E-state index contributed by atoms with van der Waals surface area (Å²) in [7, 11) is 0. The first-order valence-electron chi connectivity index (χ1n) is 10.8. The van der Waals surface area contributed by atoms with Crippen LogP contribution in [-0.2, 0) is 0 Å². The summed E-state index contributed by atoms with van der Waals surface area (Å²) in [5.74, 6) is -0.761. The largest absolute Gasteiger partial charge is 0.393 e. The van der Waals surface area contributed by atoms with E-state index in [1.165, 1.54) is 18.3 Å². The molecule has 6 nitrogen and oxygen atoms in total. The minimum atomic E-state index is -0.402. The number of imidazole rings is 1. The second-order valence-electron chi connectivity index (χ2n) is 8.16. The molecule has 0 bridgehead atoms. The van der Waals surface area contributed by atoms with Crippen molar-refractivity contribution in [2.75, 3.05) is 0 Å². The van der Waals surface area contributed by atoms with Crippen molar-refractivity contribution < 1.29 is 14.3 Å². The van der Waals surface area contributed by atoms with Crippen LogP contribution in [0, 0.1) is 5.82 Å². The van der Waals surface area contributed by atoms with Gasteiger partial charge in [0.05, 0.1) is 22.8 Å². The zero-order valence-electron chi connectivity index (χ0n) is 17.4. The van der Waals surface area contributed by atoms with Gasteiger partial charge in [0.25, 0.3) is 5.91 Å². The number of hydrogen-bond acceptors (Lipinski definition) is 3. The first-order chi connectivity index (χ1) is 15.6. The van der Waals surface area contributed by atoms with Crippen LogP contribution >= 0.6 is 0 Å². The van der Waals surface area contributed by atoms with Crippen molar-refractivity contribution in [3.8, 4) is 11.3 Å². The summed E-state index contributed by atoms with van der Waals surface area (Å²) in [5, 5.41) is 9.91. The number of amides is 1. The maximum absolute atomic E-state index is 13.6. The Kier molecular flexibility index (Phi) is 5.41. The van der Waals surface area contributed by atoms with E-state index in [9.17, 15) is 14.3 Å². The molecule has 1 fully saturated rings. The lowest BCUT2D eigenvalue weighted by molar-refractivity contribution is 0.0990. The first kappa shape index (κ1) is 20.3. The number of aromatic amines is 1. The molecule has 0 aliphatic heterocycles. The van der Waals surface area contributed by atoms with Gasteiger partial charge in [0.1, 0.15) is 5.82 Å². The van der Waals surface area contributed by atoms with Crippen LogP contribution in [0.25, 0.3) is 22.3 Å². The summed E-state index contributed by atoms with van der Waals surface area (Å²) >= 11 is 0. The number of H-pyrrole nitrogens is 1. The smallest absolute Gasteiger partial charge is 0.280 e. The van der Waals surface area contributed by atoms with Gasteiger partial charge in [-0.3, -0.25) is 9.78 Å². The van der Waals surface area contributed by atoms with Crippen molar-refractivity contribution in [3.63, 3.8) is 0 Å². The van der Waals surface area contributed by atoms with Gasteiger partial charge in [0.2, 0.25) is 5.62 Å². The van der Waals surface area contributed by atoms with Gasteiger partial charge in [0, 0.05) is 23.4 Å². The van der Waals surface area contributed by atoms with Crippen LogP contribution in [0.1, 0.15) is 42.1 Å². The summed E-state index contributed by atoms with van der Waals surface area (Å²) in [6.45, 7) is 0. The van der Waals surface area contributed by atoms with Crippen LogP contribution in [0.5, 0.6) is 0 Å². The average molecular weight is 430 g/mol. The molecule has 2 aromatic carbocycles. The number of rotatable bonds is 3. The molecule has 2 heterocycles. The van der Waals surface area contributed by atoms with Crippen molar-refractivity contribution in [3.05, 3.63) is 83.9 Å². The van der Waals surface area contributed by atoms with Crippen LogP contribution in [0.15, 0.2) is 71.9 Å². The highest BCUT2D eigenvalue weighted by Crippen LogP contribution is 2.29. The summed E-state index contributed by atoms with van der Waals surface area (Å²) in [5.41, 5.74) is 3.86. The number of aliphatic hydroxyl groups excluding tert-OH is 1. The molecule has 0 atom stereocenters. The highest BCUT2D eigenvalue weighted by atomic mass is 19.1. The van der Waals surface area contributed by atoms with Gasteiger partial charge >= 0.3 is 0 Å². The van der Waals surface area contributed by atoms with E-state index in [-0.39, 0.29) is 18.0 Å². The molecule has 4 aromatic rings. The minimum absolute atomic E-state index is 0.154. The number of carbonyl (C=O) groups excluding carboxylic acids is 1. The van der Waals surface area contributed by atoms with Gasteiger partial charge in [-0.2, -0.15) is 4.99 Å². The van der Waals surface area contributed by atoms with E-state index in [0.717, 1.165) is 36.7 Å². The Morgan fingerprint density at radius 1 is 1.06 bits per heavy atom. The Balaban J connectivity index is 1.55. The van der Waals surface area contributed by atoms with Crippen molar-refractivity contribution in [2.45, 2.75) is 37.8 Å². The number of carbonyl (C=O) groups is 1. The molecule has 1 aliphatic rings. The zero-order valence-corrected chi connectivity index (χ0v) is 17.4. The lowest BCUT2D eigenvalue weighted by Crippen LogP contribution is -2.29. The fourth-order valence-corrected chi connectivity index (χ4v) is 4.38. The number of aliphatic hydroxyl groups is 1. The van der Waals surface area contributed by atoms with E-state index >= 15 is 0 Å². The Labute approximate surface area is 184 Å². The molecule has 5 rings (SSSR count). The summed E-state index contributed by atoms with van der Waals surface area (Å²) in [6.07, 6.45) is 4.37. The predicted octanol–water partition coefficient (Wildman–Crippen LogP) is 4.39. The SMILES string of the molecule is O=C(/N=c1\[nH]c2ccccc2n1[C@H]1CC[C@@H](O)CC1)c1ccnc(-c2cccc(F)c2)c1. The number of nitrogens with zero attached hydrogens (tertiary/aromatic N) is 3. The van der Waals surface area contributed by atoms with Crippen LogP contribution in [-0.4, -0.2) is 31.7 Å². The molecule has 0 unspecified atom stereocenters. The molecule has 7 heteroatoms. The van der Waals surface area contributed by atoms with Gasteiger partial charge in [0.15, 0.2) is 0 Å². The fourth-order valence-electron chi connectivity index (χ4n) is 4.38. The van der Waals surface area contributed by atoms with Gasteiger partial charge in [-0.1, -0.05) is 24.3 Å². The Morgan fingerprint density at radius 3 is 2.69 bits per heavy atom. The molecule has 2 aromatic heterocycles. The van der Waals surface area contributed by atoms with Gasteiger partial charge < -0.3 is 14.7 Å². The van der Waals surface area contributed by atoms with Crippen LogP contribution in [0.2, 0.25) is 0 Å². The Bertz CT molecular complexity index is 1350. The number of benzene rings is 2. The van der Waals surface area contributed by atoms with E-state index in [4.69, 9.17) is 0 Å². The maximum atomic E-state index is 13.6. The van der Waals surface area contributed by atoms with Crippen LogP contribution < -0.4 is 5.62 Å². The standard InChI is InChI=1S/C25H23FN4O2/c26-18-5-3-4-16(14-18)22-15-17(12-13-27-22)24(32)29-25-28-21-6-1-2-7-23(21)30(25)19-8-10-20(31)11-9-19/h1-7,12-15,19-20,31H,8-11H2,(H,28,29,32)/t19-,20+. The third-order valence-electron chi connectivity index (χ3n) is 6.00. The van der Waals surface area contributed by atoms with Crippen molar-refractivity contribution >= 4 is 16.9 Å². The van der Waals surface area contributed by atoms with Crippen LogP contribution in [0.3, 0.4) is 0 Å². The number of aromatic nitrogens is 3. The quantitative estimate of drug-likeness (QED) is 0.506. The number of hydrogen-bond donors (Lipinski definition) is 2. The van der Waals surface area contributed by atoms with E-state index in [1.807, 2.05) is 24.3 Å². The van der Waals surface area contributed by atoms with Crippen molar-refractivity contribution in [2.24, 2.45) is 4.99 Å². The van der Waals surface area contributed by atoms with Crippen LogP contribution in [0.4, 0.5) is 4.39 Å². The third kappa shape index (κ3) is 3.99. The molecule has 32 heavy (non-hydrogen) atoms. The monoisotopic (exact) mass is 430 g/mol. The van der Waals surface area contributed by atoms with Gasteiger partial charge in [-0.15, -0.1) is 0 Å². The zero-order chi connectivity index (χ0) is 22.1. The number of halogens is 1. The number of fused-ring (bicyclic) bond motifs is 1. The number of pyridine rings is 1. The molecular weight excluding hydrogens is 407 g/mol. The maximum Gasteiger partial charge on any atom is 0.280 e.